The molecule has 0 unspecified atom stereocenters. The maximum atomic E-state index is 8.84. The third-order valence-corrected chi connectivity index (χ3v) is 4.55. The quantitative estimate of drug-likeness (QED) is 0.703. The Hall–Kier alpha value is -0.850. The molecule has 1 aliphatic carbocycles. The number of hydrogen-bond donors (Lipinski definition) is 0. The fourth-order valence-corrected chi connectivity index (χ4v) is 3.50. The van der Waals surface area contributed by atoms with Crippen molar-refractivity contribution >= 4 is 0 Å². The number of rotatable bonds is 4. The van der Waals surface area contributed by atoms with E-state index in [1.807, 2.05) is 6.08 Å². The van der Waals surface area contributed by atoms with E-state index in [1.54, 1.807) is 0 Å². The monoisotopic (exact) mass is 235 g/mol. The van der Waals surface area contributed by atoms with Gasteiger partial charge < -0.3 is 9.47 Å². The molecule has 2 rings (SSSR count). The molecule has 0 bridgehead atoms. The van der Waals surface area contributed by atoms with Gasteiger partial charge in [0.05, 0.1) is 19.3 Å². The van der Waals surface area contributed by atoms with Crippen molar-refractivity contribution in [2.45, 2.75) is 44.8 Å². The minimum absolute atomic E-state index is 0.0482. The minimum atomic E-state index is -0.433. The number of nitrogens with zero attached hydrogens (tertiary/aromatic N) is 1. The van der Waals surface area contributed by atoms with Crippen LogP contribution in [0.25, 0.3) is 0 Å². The summed E-state index contributed by atoms with van der Waals surface area (Å²) in [6, 6.07) is 2.25. The van der Waals surface area contributed by atoms with Gasteiger partial charge in [0.2, 0.25) is 0 Å². The Kier molecular flexibility index (Phi) is 3.56. The van der Waals surface area contributed by atoms with E-state index < -0.39 is 5.79 Å². The maximum Gasteiger partial charge on any atom is 0.174 e. The predicted molar refractivity (Wildman–Crippen MR) is 65.1 cm³/mol. The highest BCUT2D eigenvalue weighted by Crippen LogP contribution is 2.58. The molecular weight excluding hydrogens is 214 g/mol. The molecular formula is C14H21NO2. The van der Waals surface area contributed by atoms with Crippen LogP contribution in [-0.2, 0) is 9.47 Å². The molecule has 94 valence electrons. The fraction of sp³-hybridized carbons (Fsp3) is 0.786. The van der Waals surface area contributed by atoms with Crippen LogP contribution >= 0.6 is 0 Å². The molecule has 0 amide bonds. The smallest absolute Gasteiger partial charge is 0.174 e. The standard InChI is InChI=1S/C14H21NO2/c1-3-5-12-6-8-14(16-10-11-17-14)13(12,2)7-4-9-15/h3,12H,1,4-8,10-11H2,2H3/t12-,13+/m0/s1. The van der Waals surface area contributed by atoms with Crippen LogP contribution in [0.5, 0.6) is 0 Å². The Balaban J connectivity index is 2.22. The maximum absolute atomic E-state index is 8.84. The van der Waals surface area contributed by atoms with E-state index in [2.05, 4.69) is 19.6 Å². The minimum Gasteiger partial charge on any atom is -0.347 e. The summed E-state index contributed by atoms with van der Waals surface area (Å²) in [7, 11) is 0. The molecule has 1 aliphatic heterocycles. The van der Waals surface area contributed by atoms with Crippen molar-refractivity contribution in [2.75, 3.05) is 13.2 Å². The summed E-state index contributed by atoms with van der Waals surface area (Å²) in [5.74, 6) is 0.0869. The second-order valence-corrected chi connectivity index (χ2v) is 5.29. The summed E-state index contributed by atoms with van der Waals surface area (Å²) in [4.78, 5) is 0. The SMILES string of the molecule is C=CC[C@H]1CCC2(OCCO2)[C@]1(C)CCC#N. The molecule has 3 nitrogen and oxygen atoms in total. The van der Waals surface area contributed by atoms with Gasteiger partial charge in [-0.25, -0.2) is 0 Å². The third-order valence-electron chi connectivity index (χ3n) is 4.55. The largest absolute Gasteiger partial charge is 0.347 e. The first-order chi connectivity index (χ1) is 8.18. The van der Waals surface area contributed by atoms with Crippen molar-refractivity contribution < 1.29 is 9.47 Å². The molecule has 0 aromatic carbocycles. The van der Waals surface area contributed by atoms with Crippen molar-refractivity contribution in [2.24, 2.45) is 11.3 Å². The average molecular weight is 235 g/mol. The van der Waals surface area contributed by atoms with E-state index in [-0.39, 0.29) is 5.41 Å². The molecule has 1 saturated heterocycles. The van der Waals surface area contributed by atoms with E-state index in [1.165, 1.54) is 0 Å². The topological polar surface area (TPSA) is 42.2 Å². The van der Waals surface area contributed by atoms with Gasteiger partial charge in [-0.2, -0.15) is 5.26 Å². The van der Waals surface area contributed by atoms with Gasteiger partial charge in [-0.05, 0) is 25.2 Å². The third kappa shape index (κ3) is 1.90. The Morgan fingerprint density at radius 3 is 2.76 bits per heavy atom. The van der Waals surface area contributed by atoms with Gasteiger partial charge >= 0.3 is 0 Å². The summed E-state index contributed by atoms with van der Waals surface area (Å²) in [5, 5.41) is 8.84. The van der Waals surface area contributed by atoms with Gasteiger partial charge in [-0.1, -0.05) is 13.0 Å². The summed E-state index contributed by atoms with van der Waals surface area (Å²) in [6.07, 6.45) is 6.43. The van der Waals surface area contributed by atoms with E-state index in [9.17, 15) is 0 Å². The zero-order valence-electron chi connectivity index (χ0n) is 10.6. The van der Waals surface area contributed by atoms with Gasteiger partial charge in [0.25, 0.3) is 0 Å². The molecule has 2 atom stereocenters. The van der Waals surface area contributed by atoms with Gasteiger partial charge in [-0.3, -0.25) is 0 Å². The summed E-state index contributed by atoms with van der Waals surface area (Å²) in [5.41, 5.74) is -0.0482. The summed E-state index contributed by atoms with van der Waals surface area (Å²) in [6.45, 7) is 7.42. The second kappa shape index (κ2) is 4.80. The number of ether oxygens (including phenoxy) is 2. The molecule has 3 heteroatoms. The first-order valence-corrected chi connectivity index (χ1v) is 6.44. The van der Waals surface area contributed by atoms with Crippen LogP contribution in [0.3, 0.4) is 0 Å². The Morgan fingerprint density at radius 2 is 2.18 bits per heavy atom. The van der Waals surface area contributed by atoms with Crippen molar-refractivity contribution in [1.29, 1.82) is 5.26 Å². The van der Waals surface area contributed by atoms with E-state index in [4.69, 9.17) is 14.7 Å². The average Bonchev–Trinajstić information content (AvgIpc) is 2.90. The molecule has 1 heterocycles. The molecule has 2 aliphatic rings. The molecule has 0 N–H and O–H groups in total. The van der Waals surface area contributed by atoms with Gasteiger partial charge in [0.1, 0.15) is 0 Å². The highest BCUT2D eigenvalue weighted by molar-refractivity contribution is 5.05. The van der Waals surface area contributed by atoms with E-state index >= 15 is 0 Å². The number of hydrogen-bond acceptors (Lipinski definition) is 3. The van der Waals surface area contributed by atoms with Crippen molar-refractivity contribution in [3.8, 4) is 6.07 Å². The lowest BCUT2D eigenvalue weighted by Gasteiger charge is -2.42. The van der Waals surface area contributed by atoms with Crippen molar-refractivity contribution in [1.82, 2.24) is 0 Å². The summed E-state index contributed by atoms with van der Waals surface area (Å²) < 4.78 is 11.8. The lowest BCUT2D eigenvalue weighted by Crippen LogP contribution is -2.46. The fourth-order valence-electron chi connectivity index (χ4n) is 3.50. The van der Waals surface area contributed by atoms with Crippen LogP contribution in [0, 0.1) is 22.7 Å². The van der Waals surface area contributed by atoms with Crippen LogP contribution in [0.2, 0.25) is 0 Å². The predicted octanol–water partition coefficient (Wildman–Crippen LogP) is 3.03. The number of allylic oxidation sites excluding steroid dienone is 1. The number of nitriles is 1. The van der Waals surface area contributed by atoms with E-state index in [0.717, 1.165) is 25.7 Å². The molecule has 1 spiro atoms. The van der Waals surface area contributed by atoms with Crippen molar-refractivity contribution in [3.63, 3.8) is 0 Å². The van der Waals surface area contributed by atoms with Gasteiger partial charge in [0, 0.05) is 18.3 Å². The summed E-state index contributed by atoms with van der Waals surface area (Å²) >= 11 is 0. The van der Waals surface area contributed by atoms with Gasteiger partial charge in [-0.15, -0.1) is 6.58 Å². The first-order valence-electron chi connectivity index (χ1n) is 6.44. The first kappa shape index (κ1) is 12.6. The zero-order valence-corrected chi connectivity index (χ0v) is 10.6. The zero-order chi connectivity index (χ0) is 12.4. The van der Waals surface area contributed by atoms with Crippen LogP contribution in [0.4, 0.5) is 0 Å². The second-order valence-electron chi connectivity index (χ2n) is 5.29. The highest BCUT2D eigenvalue weighted by atomic mass is 16.7. The molecule has 2 fully saturated rings. The van der Waals surface area contributed by atoms with Crippen LogP contribution < -0.4 is 0 Å². The normalized spacial score (nSPS) is 34.9. The van der Waals surface area contributed by atoms with E-state index in [0.29, 0.717) is 25.6 Å². The Morgan fingerprint density at radius 1 is 1.47 bits per heavy atom. The Labute approximate surface area is 103 Å². The van der Waals surface area contributed by atoms with Crippen molar-refractivity contribution in [3.05, 3.63) is 12.7 Å². The van der Waals surface area contributed by atoms with Gasteiger partial charge in [0.15, 0.2) is 5.79 Å². The molecule has 0 radical (unpaired) electrons. The lowest BCUT2D eigenvalue weighted by molar-refractivity contribution is -0.226. The van der Waals surface area contributed by atoms with Crippen LogP contribution in [-0.4, -0.2) is 19.0 Å². The van der Waals surface area contributed by atoms with Crippen LogP contribution in [0.1, 0.15) is 39.0 Å². The molecule has 0 aromatic heterocycles. The molecule has 0 aromatic rings. The highest BCUT2D eigenvalue weighted by Gasteiger charge is 2.60. The Bertz CT molecular complexity index is 328. The molecule has 1 saturated carbocycles. The molecule has 17 heavy (non-hydrogen) atoms. The van der Waals surface area contributed by atoms with Crippen LogP contribution in [0.15, 0.2) is 12.7 Å². The lowest BCUT2D eigenvalue weighted by atomic mass is 9.71.